The van der Waals surface area contributed by atoms with Crippen LogP contribution in [0, 0.1) is 5.92 Å². The number of nitrogens with zero attached hydrogens (tertiary/aromatic N) is 3. The number of hydrogen-bond donors (Lipinski definition) is 0. The first-order valence-electron chi connectivity index (χ1n) is 6.06. The van der Waals surface area contributed by atoms with E-state index < -0.39 is 0 Å². The molecule has 0 saturated heterocycles. The van der Waals surface area contributed by atoms with Crippen LogP contribution < -0.4 is 0 Å². The van der Waals surface area contributed by atoms with Crippen LogP contribution in [-0.2, 0) is 11.8 Å². The number of aliphatic imine (C=N–C) groups is 1. The van der Waals surface area contributed by atoms with E-state index in [4.69, 9.17) is 4.74 Å². The average molecular weight is 247 g/mol. The average Bonchev–Trinajstić information content (AvgIpc) is 2.72. The molecule has 0 fully saturated rings. The lowest BCUT2D eigenvalue weighted by molar-refractivity contribution is 0.0518. The van der Waals surface area contributed by atoms with Crippen LogP contribution in [-0.4, -0.2) is 28.6 Å². The van der Waals surface area contributed by atoms with Crippen molar-refractivity contribution in [2.75, 3.05) is 6.61 Å². The van der Waals surface area contributed by atoms with Crippen LogP contribution in [0.3, 0.4) is 0 Å². The Balaban J connectivity index is 2.32. The lowest BCUT2D eigenvalue weighted by atomic mass is 9.94. The quantitative estimate of drug-likeness (QED) is 0.768. The van der Waals surface area contributed by atoms with E-state index in [0.717, 1.165) is 17.7 Å². The summed E-state index contributed by atoms with van der Waals surface area (Å²) >= 11 is 0. The first kappa shape index (κ1) is 12.5. The van der Waals surface area contributed by atoms with Gasteiger partial charge in [0.25, 0.3) is 0 Å². The second-order valence-electron chi connectivity index (χ2n) is 4.31. The van der Waals surface area contributed by atoms with Crippen molar-refractivity contribution in [1.29, 1.82) is 0 Å². The molecule has 1 unspecified atom stereocenters. The van der Waals surface area contributed by atoms with Gasteiger partial charge in [0.05, 0.1) is 12.3 Å². The maximum atomic E-state index is 11.6. The highest BCUT2D eigenvalue weighted by atomic mass is 16.5. The van der Waals surface area contributed by atoms with Crippen LogP contribution in [0.5, 0.6) is 0 Å². The summed E-state index contributed by atoms with van der Waals surface area (Å²) in [6.07, 6.45) is 4.64. The van der Waals surface area contributed by atoms with Crippen molar-refractivity contribution in [1.82, 2.24) is 9.78 Å². The first-order valence-corrected chi connectivity index (χ1v) is 6.06. The van der Waals surface area contributed by atoms with Crippen molar-refractivity contribution in [2.45, 2.75) is 20.3 Å². The van der Waals surface area contributed by atoms with Crippen molar-refractivity contribution in [2.24, 2.45) is 18.0 Å². The lowest BCUT2D eigenvalue weighted by Gasteiger charge is -2.16. The van der Waals surface area contributed by atoms with E-state index >= 15 is 0 Å². The van der Waals surface area contributed by atoms with Gasteiger partial charge in [-0.05, 0) is 30.9 Å². The van der Waals surface area contributed by atoms with Crippen LogP contribution >= 0.6 is 0 Å². The second-order valence-corrected chi connectivity index (χ2v) is 4.31. The van der Waals surface area contributed by atoms with Gasteiger partial charge in [0.1, 0.15) is 0 Å². The fraction of sp³-hybridized carbons (Fsp3) is 0.462. The standard InChI is InChI=1S/C13H17N3O2/c1-4-18-13(17)11-7-12(16(3)15-11)10-8-14-6-5-9(10)2/h6-9H,4-5H2,1-3H3. The summed E-state index contributed by atoms with van der Waals surface area (Å²) in [6, 6.07) is 1.77. The molecule has 18 heavy (non-hydrogen) atoms. The van der Waals surface area contributed by atoms with Gasteiger partial charge in [0.2, 0.25) is 0 Å². The molecule has 0 amide bonds. The predicted molar refractivity (Wildman–Crippen MR) is 69.4 cm³/mol. The summed E-state index contributed by atoms with van der Waals surface area (Å²) in [4.78, 5) is 15.8. The molecule has 1 aromatic heterocycles. The minimum absolute atomic E-state index is 0.344. The minimum Gasteiger partial charge on any atom is -0.461 e. The third kappa shape index (κ3) is 2.34. The number of aromatic nitrogens is 2. The van der Waals surface area contributed by atoms with Gasteiger partial charge in [-0.3, -0.25) is 9.67 Å². The number of aryl methyl sites for hydroxylation is 1. The summed E-state index contributed by atoms with van der Waals surface area (Å²) in [7, 11) is 1.82. The number of rotatable bonds is 3. The summed E-state index contributed by atoms with van der Waals surface area (Å²) in [5.41, 5.74) is 2.36. The minimum atomic E-state index is -0.382. The zero-order valence-electron chi connectivity index (χ0n) is 10.9. The van der Waals surface area contributed by atoms with E-state index in [-0.39, 0.29) is 5.97 Å². The zero-order valence-corrected chi connectivity index (χ0v) is 10.9. The van der Waals surface area contributed by atoms with Gasteiger partial charge in [-0.2, -0.15) is 5.10 Å². The van der Waals surface area contributed by atoms with Crippen molar-refractivity contribution in [3.63, 3.8) is 0 Å². The smallest absolute Gasteiger partial charge is 0.358 e. The summed E-state index contributed by atoms with van der Waals surface area (Å²) in [6.45, 7) is 4.27. The monoisotopic (exact) mass is 247 g/mol. The molecule has 1 aliphatic heterocycles. The lowest BCUT2D eigenvalue weighted by Crippen LogP contribution is -2.07. The number of carbonyl (C=O) groups is 1. The highest BCUT2D eigenvalue weighted by molar-refractivity contribution is 5.88. The molecular weight excluding hydrogens is 230 g/mol. The largest absolute Gasteiger partial charge is 0.461 e. The highest BCUT2D eigenvalue weighted by Gasteiger charge is 2.20. The van der Waals surface area contributed by atoms with Gasteiger partial charge in [-0.1, -0.05) is 6.92 Å². The van der Waals surface area contributed by atoms with Gasteiger partial charge in [-0.15, -0.1) is 0 Å². The second kappa shape index (κ2) is 5.16. The number of carbonyl (C=O) groups excluding carboxylic acids is 1. The van der Waals surface area contributed by atoms with Crippen LogP contribution in [0.2, 0.25) is 0 Å². The molecule has 0 bridgehead atoms. The maximum absolute atomic E-state index is 11.6. The number of hydrogen-bond acceptors (Lipinski definition) is 4. The first-order chi connectivity index (χ1) is 8.63. The van der Waals surface area contributed by atoms with E-state index in [0.29, 0.717) is 18.2 Å². The third-order valence-corrected chi connectivity index (χ3v) is 2.97. The predicted octanol–water partition coefficient (Wildman–Crippen LogP) is 2.05. The number of allylic oxidation sites excluding steroid dienone is 1. The molecular formula is C13H17N3O2. The Morgan fingerprint density at radius 1 is 1.61 bits per heavy atom. The Morgan fingerprint density at radius 2 is 2.39 bits per heavy atom. The molecule has 2 rings (SSSR count). The third-order valence-electron chi connectivity index (χ3n) is 2.97. The van der Waals surface area contributed by atoms with Crippen molar-refractivity contribution < 1.29 is 9.53 Å². The van der Waals surface area contributed by atoms with Crippen LogP contribution in [0.15, 0.2) is 17.3 Å². The molecule has 0 radical (unpaired) electrons. The number of esters is 1. The van der Waals surface area contributed by atoms with Gasteiger partial charge in [-0.25, -0.2) is 4.79 Å². The molecule has 5 nitrogen and oxygen atoms in total. The molecule has 0 saturated carbocycles. The summed E-state index contributed by atoms with van der Waals surface area (Å²) < 4.78 is 6.65. The van der Waals surface area contributed by atoms with Crippen molar-refractivity contribution in [3.8, 4) is 0 Å². The van der Waals surface area contributed by atoms with Gasteiger partial charge < -0.3 is 4.74 Å². The summed E-state index contributed by atoms with van der Waals surface area (Å²) in [5.74, 6) is -0.000130. The van der Waals surface area contributed by atoms with E-state index in [1.54, 1.807) is 17.7 Å². The van der Waals surface area contributed by atoms with E-state index in [1.807, 2.05) is 19.5 Å². The van der Waals surface area contributed by atoms with Gasteiger partial charge >= 0.3 is 5.97 Å². The fourth-order valence-electron chi connectivity index (χ4n) is 1.97. The Morgan fingerprint density at radius 3 is 3.06 bits per heavy atom. The molecule has 2 heterocycles. The van der Waals surface area contributed by atoms with Crippen LogP contribution in [0.25, 0.3) is 5.57 Å². The molecule has 1 atom stereocenters. The van der Waals surface area contributed by atoms with Gasteiger partial charge in [0, 0.05) is 19.5 Å². The summed E-state index contributed by atoms with van der Waals surface area (Å²) in [5, 5.41) is 4.19. The normalized spacial score (nSPS) is 18.6. The van der Waals surface area contributed by atoms with Crippen molar-refractivity contribution in [3.05, 3.63) is 23.7 Å². The molecule has 1 aromatic rings. The van der Waals surface area contributed by atoms with E-state index in [2.05, 4.69) is 17.0 Å². The Bertz CT molecular complexity index is 514. The molecule has 96 valence electrons. The Kier molecular flexibility index (Phi) is 3.60. The van der Waals surface area contributed by atoms with Crippen molar-refractivity contribution >= 4 is 17.8 Å². The molecule has 0 N–H and O–H groups in total. The topological polar surface area (TPSA) is 56.5 Å². The molecule has 5 heteroatoms. The Labute approximate surface area is 106 Å². The highest BCUT2D eigenvalue weighted by Crippen LogP contribution is 2.28. The SMILES string of the molecule is CCOC(=O)c1cc(C2=CN=CCC2C)n(C)n1. The fourth-order valence-corrected chi connectivity index (χ4v) is 1.97. The Hall–Kier alpha value is -1.91. The van der Waals surface area contributed by atoms with Gasteiger partial charge in [0.15, 0.2) is 5.69 Å². The molecule has 0 aliphatic carbocycles. The van der Waals surface area contributed by atoms with E-state index in [9.17, 15) is 4.79 Å². The molecule has 0 spiro atoms. The molecule has 0 aromatic carbocycles. The zero-order chi connectivity index (χ0) is 13.1. The van der Waals surface area contributed by atoms with Crippen LogP contribution in [0.1, 0.15) is 36.5 Å². The van der Waals surface area contributed by atoms with Crippen LogP contribution in [0.4, 0.5) is 0 Å². The molecule has 1 aliphatic rings. The number of ether oxygens (including phenoxy) is 1. The van der Waals surface area contributed by atoms with E-state index in [1.165, 1.54) is 0 Å². The maximum Gasteiger partial charge on any atom is 0.358 e.